The van der Waals surface area contributed by atoms with Gasteiger partial charge in [0.2, 0.25) is 11.1 Å². The van der Waals surface area contributed by atoms with Crippen LogP contribution in [0.15, 0.2) is 53.7 Å². The summed E-state index contributed by atoms with van der Waals surface area (Å²) in [6.45, 7) is 0.191. The van der Waals surface area contributed by atoms with Gasteiger partial charge in [-0.3, -0.25) is 14.7 Å². The SMILES string of the molecule is COc1ccc(NC(=O)CSc2n[nH]c(CNC(=O)c3ccc(OC)cc3)n2)cc1. The summed E-state index contributed by atoms with van der Waals surface area (Å²) in [6, 6.07) is 13.9. The van der Waals surface area contributed by atoms with Crippen LogP contribution in [-0.4, -0.2) is 47.0 Å². The molecule has 0 aliphatic rings. The zero-order valence-electron chi connectivity index (χ0n) is 16.5. The number of thioether (sulfide) groups is 1. The third-order valence-corrected chi connectivity index (χ3v) is 4.83. The van der Waals surface area contributed by atoms with Crippen molar-refractivity contribution in [2.75, 3.05) is 25.3 Å². The van der Waals surface area contributed by atoms with Crippen LogP contribution in [0.25, 0.3) is 0 Å². The number of hydrogen-bond acceptors (Lipinski definition) is 7. The van der Waals surface area contributed by atoms with Gasteiger partial charge in [0.05, 0.1) is 26.5 Å². The Hall–Kier alpha value is -3.53. The number of nitrogens with one attached hydrogen (secondary N) is 3. The lowest BCUT2D eigenvalue weighted by Gasteiger charge is -2.05. The maximum Gasteiger partial charge on any atom is 0.251 e. The van der Waals surface area contributed by atoms with E-state index in [2.05, 4.69) is 25.8 Å². The number of benzene rings is 2. The molecule has 0 atom stereocenters. The Morgan fingerprint density at radius 2 is 1.63 bits per heavy atom. The fourth-order valence-electron chi connectivity index (χ4n) is 2.43. The lowest BCUT2D eigenvalue weighted by atomic mass is 10.2. The minimum absolute atomic E-state index is 0.154. The lowest BCUT2D eigenvalue weighted by Crippen LogP contribution is -2.23. The van der Waals surface area contributed by atoms with Crippen molar-refractivity contribution >= 4 is 29.3 Å². The summed E-state index contributed by atoms with van der Waals surface area (Å²) in [7, 11) is 3.15. The number of rotatable bonds is 9. The van der Waals surface area contributed by atoms with Gasteiger partial charge in [-0.25, -0.2) is 4.98 Å². The summed E-state index contributed by atoms with van der Waals surface area (Å²) in [5.74, 6) is 1.64. The van der Waals surface area contributed by atoms with Crippen molar-refractivity contribution in [3.05, 3.63) is 59.9 Å². The van der Waals surface area contributed by atoms with Crippen molar-refractivity contribution < 1.29 is 19.1 Å². The monoisotopic (exact) mass is 427 g/mol. The third kappa shape index (κ3) is 5.98. The molecule has 2 amide bonds. The van der Waals surface area contributed by atoms with E-state index in [1.54, 1.807) is 62.8 Å². The van der Waals surface area contributed by atoms with Crippen molar-refractivity contribution in [1.82, 2.24) is 20.5 Å². The van der Waals surface area contributed by atoms with Gasteiger partial charge < -0.3 is 20.1 Å². The van der Waals surface area contributed by atoms with E-state index in [1.807, 2.05) is 0 Å². The second-order valence-electron chi connectivity index (χ2n) is 6.04. The Kier molecular flexibility index (Phi) is 7.28. The molecule has 3 rings (SSSR count). The highest BCUT2D eigenvalue weighted by atomic mass is 32.2. The summed E-state index contributed by atoms with van der Waals surface area (Å²) in [5.41, 5.74) is 1.19. The van der Waals surface area contributed by atoms with Gasteiger partial charge in [-0.2, -0.15) is 0 Å². The molecule has 2 aromatic carbocycles. The summed E-state index contributed by atoms with van der Waals surface area (Å²) < 4.78 is 10.2. The fraction of sp³-hybridized carbons (Fsp3) is 0.200. The molecule has 10 heteroatoms. The first-order chi connectivity index (χ1) is 14.6. The van der Waals surface area contributed by atoms with E-state index in [4.69, 9.17) is 9.47 Å². The third-order valence-electron chi connectivity index (χ3n) is 3.99. The van der Waals surface area contributed by atoms with Crippen LogP contribution < -0.4 is 20.1 Å². The number of carbonyl (C=O) groups excluding carboxylic acids is 2. The molecule has 30 heavy (non-hydrogen) atoms. The lowest BCUT2D eigenvalue weighted by molar-refractivity contribution is -0.113. The second kappa shape index (κ2) is 10.3. The van der Waals surface area contributed by atoms with E-state index in [0.717, 1.165) is 5.75 Å². The molecule has 3 aromatic rings. The molecule has 0 saturated carbocycles. The average molecular weight is 427 g/mol. The highest BCUT2D eigenvalue weighted by Crippen LogP contribution is 2.17. The van der Waals surface area contributed by atoms with Crippen molar-refractivity contribution in [3.63, 3.8) is 0 Å². The molecule has 0 aliphatic carbocycles. The molecular formula is C20H21N5O4S. The number of anilines is 1. The zero-order chi connectivity index (χ0) is 21.3. The van der Waals surface area contributed by atoms with E-state index >= 15 is 0 Å². The molecule has 0 saturated heterocycles. The summed E-state index contributed by atoms with van der Waals surface area (Å²) in [6.07, 6.45) is 0. The van der Waals surface area contributed by atoms with Crippen LogP contribution in [0.4, 0.5) is 5.69 Å². The number of H-pyrrole nitrogens is 1. The maximum absolute atomic E-state index is 12.2. The number of nitrogens with zero attached hydrogens (tertiary/aromatic N) is 2. The van der Waals surface area contributed by atoms with Crippen LogP contribution >= 0.6 is 11.8 Å². The van der Waals surface area contributed by atoms with Gasteiger partial charge >= 0.3 is 0 Å². The first-order valence-corrected chi connectivity index (χ1v) is 9.96. The van der Waals surface area contributed by atoms with Crippen molar-refractivity contribution in [2.45, 2.75) is 11.7 Å². The highest BCUT2D eigenvalue weighted by molar-refractivity contribution is 7.99. The highest BCUT2D eigenvalue weighted by Gasteiger charge is 2.10. The molecule has 1 aromatic heterocycles. The molecule has 9 nitrogen and oxygen atoms in total. The molecule has 0 fully saturated rings. The Labute approximate surface area is 177 Å². The maximum atomic E-state index is 12.2. The predicted molar refractivity (Wildman–Crippen MR) is 113 cm³/mol. The van der Waals surface area contributed by atoms with Crippen LogP contribution in [0, 0.1) is 0 Å². The Morgan fingerprint density at radius 3 is 2.27 bits per heavy atom. The van der Waals surface area contributed by atoms with E-state index in [1.165, 1.54) is 11.8 Å². The number of aromatic nitrogens is 3. The normalized spacial score (nSPS) is 10.3. The zero-order valence-corrected chi connectivity index (χ0v) is 17.3. The smallest absolute Gasteiger partial charge is 0.251 e. The van der Waals surface area contributed by atoms with Crippen LogP contribution in [0.2, 0.25) is 0 Å². The molecule has 0 aliphatic heterocycles. The van der Waals surface area contributed by atoms with Crippen molar-refractivity contribution in [1.29, 1.82) is 0 Å². The van der Waals surface area contributed by atoms with Gasteiger partial charge in [0.15, 0.2) is 0 Å². The molecule has 0 radical (unpaired) electrons. The average Bonchev–Trinajstić information content (AvgIpc) is 3.24. The van der Waals surface area contributed by atoms with Gasteiger partial charge in [-0.05, 0) is 48.5 Å². The van der Waals surface area contributed by atoms with Crippen molar-refractivity contribution in [3.8, 4) is 11.5 Å². The van der Waals surface area contributed by atoms with Crippen LogP contribution in [0.1, 0.15) is 16.2 Å². The van der Waals surface area contributed by atoms with E-state index in [9.17, 15) is 9.59 Å². The minimum atomic E-state index is -0.234. The summed E-state index contributed by atoms with van der Waals surface area (Å²) >= 11 is 1.19. The Bertz CT molecular complexity index is 989. The summed E-state index contributed by atoms with van der Waals surface area (Å²) in [5, 5.41) is 12.8. The second-order valence-corrected chi connectivity index (χ2v) is 6.98. The van der Waals surface area contributed by atoms with E-state index in [0.29, 0.717) is 28.0 Å². The Balaban J connectivity index is 1.43. The molecule has 0 spiro atoms. The quantitative estimate of drug-likeness (QED) is 0.449. The van der Waals surface area contributed by atoms with E-state index < -0.39 is 0 Å². The molecule has 1 heterocycles. The van der Waals surface area contributed by atoms with Gasteiger partial charge in [0.25, 0.3) is 5.91 Å². The van der Waals surface area contributed by atoms with Gasteiger partial charge in [-0.15, -0.1) is 5.10 Å². The number of amides is 2. The predicted octanol–water partition coefficient (Wildman–Crippen LogP) is 2.48. The van der Waals surface area contributed by atoms with Crippen molar-refractivity contribution in [2.24, 2.45) is 0 Å². The molecule has 0 bridgehead atoms. The first kappa shape index (κ1) is 21.2. The number of ether oxygens (including phenoxy) is 2. The topological polar surface area (TPSA) is 118 Å². The van der Waals surface area contributed by atoms with E-state index in [-0.39, 0.29) is 24.1 Å². The number of carbonyl (C=O) groups is 2. The molecule has 3 N–H and O–H groups in total. The van der Waals surface area contributed by atoms with Crippen LogP contribution in [0.5, 0.6) is 11.5 Å². The Morgan fingerprint density at radius 1 is 1.00 bits per heavy atom. The van der Waals surface area contributed by atoms with Gasteiger partial charge in [0, 0.05) is 11.3 Å². The molecule has 156 valence electrons. The molecule has 0 unspecified atom stereocenters. The fourth-order valence-corrected chi connectivity index (χ4v) is 3.05. The number of hydrogen-bond donors (Lipinski definition) is 3. The summed E-state index contributed by atoms with van der Waals surface area (Å²) in [4.78, 5) is 28.5. The number of aromatic amines is 1. The van der Waals surface area contributed by atoms with Crippen LogP contribution in [-0.2, 0) is 11.3 Å². The standard InChI is InChI=1S/C20H21N5O4S/c1-28-15-7-3-13(4-8-15)19(27)21-11-17-23-20(25-24-17)30-12-18(26)22-14-5-9-16(29-2)10-6-14/h3-10H,11-12H2,1-2H3,(H,21,27)(H,22,26)(H,23,24,25). The minimum Gasteiger partial charge on any atom is -0.497 e. The van der Waals surface area contributed by atoms with Crippen LogP contribution in [0.3, 0.4) is 0 Å². The van der Waals surface area contributed by atoms with Gasteiger partial charge in [-0.1, -0.05) is 11.8 Å². The largest absolute Gasteiger partial charge is 0.497 e. The molecular weight excluding hydrogens is 406 g/mol. The number of methoxy groups -OCH3 is 2. The first-order valence-electron chi connectivity index (χ1n) is 8.97. The van der Waals surface area contributed by atoms with Gasteiger partial charge in [0.1, 0.15) is 17.3 Å².